The molecule has 0 saturated heterocycles. The first-order chi connectivity index (χ1) is 9.27. The molecule has 0 bridgehead atoms. The van der Waals surface area contributed by atoms with Gasteiger partial charge in [-0.25, -0.2) is 4.79 Å². The lowest BCUT2D eigenvalue weighted by Crippen LogP contribution is -2.43. The minimum Gasteiger partial charge on any atom is -0.334 e. The maximum absolute atomic E-state index is 12.1. The van der Waals surface area contributed by atoms with Gasteiger partial charge < -0.3 is 10.2 Å². The Labute approximate surface area is 115 Å². The van der Waals surface area contributed by atoms with E-state index in [0.29, 0.717) is 12.6 Å². The number of hydrogen-bond donors (Lipinski definition) is 1. The van der Waals surface area contributed by atoms with Crippen LogP contribution in [-0.2, 0) is 6.54 Å². The lowest BCUT2D eigenvalue weighted by atomic mass is 10.1. The Bertz CT molecular complexity index is 386. The van der Waals surface area contributed by atoms with Crippen LogP contribution in [-0.4, -0.2) is 29.0 Å². The quantitative estimate of drug-likeness (QED) is 0.850. The van der Waals surface area contributed by atoms with Crippen molar-refractivity contribution < 1.29 is 4.79 Å². The molecule has 4 nitrogen and oxygen atoms in total. The van der Waals surface area contributed by atoms with Gasteiger partial charge in [0, 0.05) is 32.0 Å². The molecule has 1 aliphatic carbocycles. The molecule has 4 heteroatoms. The SMILES string of the molecule is CN(C(=O)NCc1cccnc1)C1CCCCCC1. The first-order valence-corrected chi connectivity index (χ1v) is 7.17. The summed E-state index contributed by atoms with van der Waals surface area (Å²) in [4.78, 5) is 18.0. The molecular weight excluding hydrogens is 238 g/mol. The predicted octanol–water partition coefficient (Wildman–Crippen LogP) is 2.95. The molecule has 1 heterocycles. The minimum absolute atomic E-state index is 0.0238. The van der Waals surface area contributed by atoms with Crippen LogP contribution in [0.3, 0.4) is 0 Å². The van der Waals surface area contributed by atoms with Gasteiger partial charge in [0.1, 0.15) is 0 Å². The van der Waals surface area contributed by atoms with Crippen LogP contribution in [0.4, 0.5) is 4.79 Å². The van der Waals surface area contributed by atoms with E-state index < -0.39 is 0 Å². The Morgan fingerprint density at radius 3 is 2.74 bits per heavy atom. The van der Waals surface area contributed by atoms with Crippen molar-refractivity contribution >= 4 is 6.03 Å². The van der Waals surface area contributed by atoms with Crippen LogP contribution in [0.1, 0.15) is 44.1 Å². The molecule has 1 saturated carbocycles. The molecule has 1 fully saturated rings. The third-order valence-corrected chi connectivity index (χ3v) is 3.86. The number of pyridine rings is 1. The molecule has 0 radical (unpaired) electrons. The first kappa shape index (κ1) is 13.8. The second-order valence-electron chi connectivity index (χ2n) is 5.28. The lowest BCUT2D eigenvalue weighted by molar-refractivity contribution is 0.183. The smallest absolute Gasteiger partial charge is 0.317 e. The number of aromatic nitrogens is 1. The highest BCUT2D eigenvalue weighted by Crippen LogP contribution is 2.20. The van der Waals surface area contributed by atoms with Crippen LogP contribution in [0.25, 0.3) is 0 Å². The van der Waals surface area contributed by atoms with Crippen molar-refractivity contribution in [2.45, 2.75) is 51.1 Å². The van der Waals surface area contributed by atoms with Crippen molar-refractivity contribution in [1.29, 1.82) is 0 Å². The van der Waals surface area contributed by atoms with E-state index in [1.54, 1.807) is 12.4 Å². The maximum Gasteiger partial charge on any atom is 0.317 e. The lowest BCUT2D eigenvalue weighted by Gasteiger charge is -2.27. The van der Waals surface area contributed by atoms with Crippen LogP contribution >= 0.6 is 0 Å². The topological polar surface area (TPSA) is 45.2 Å². The summed E-state index contributed by atoms with van der Waals surface area (Å²) in [5.74, 6) is 0. The molecule has 1 N–H and O–H groups in total. The van der Waals surface area contributed by atoms with Gasteiger partial charge in [0.25, 0.3) is 0 Å². The Morgan fingerprint density at radius 1 is 1.37 bits per heavy atom. The van der Waals surface area contributed by atoms with E-state index >= 15 is 0 Å². The Hall–Kier alpha value is -1.58. The fraction of sp³-hybridized carbons (Fsp3) is 0.600. The molecule has 0 aliphatic heterocycles. The molecule has 2 amide bonds. The van der Waals surface area contributed by atoms with E-state index in [4.69, 9.17) is 0 Å². The fourth-order valence-electron chi connectivity index (χ4n) is 2.62. The zero-order valence-electron chi connectivity index (χ0n) is 11.6. The second-order valence-corrected chi connectivity index (χ2v) is 5.28. The zero-order valence-corrected chi connectivity index (χ0v) is 11.6. The summed E-state index contributed by atoms with van der Waals surface area (Å²) in [5.41, 5.74) is 1.03. The van der Waals surface area contributed by atoms with Crippen molar-refractivity contribution in [3.8, 4) is 0 Å². The van der Waals surface area contributed by atoms with Crippen LogP contribution in [0.15, 0.2) is 24.5 Å². The molecular formula is C15H23N3O. The second kappa shape index (κ2) is 7.12. The molecule has 2 rings (SSSR count). The number of carbonyl (C=O) groups excluding carboxylic acids is 1. The molecule has 1 aromatic rings. The number of rotatable bonds is 3. The van der Waals surface area contributed by atoms with Crippen LogP contribution < -0.4 is 5.32 Å². The minimum atomic E-state index is 0.0238. The van der Waals surface area contributed by atoms with Crippen molar-refractivity contribution in [2.24, 2.45) is 0 Å². The van der Waals surface area contributed by atoms with E-state index in [0.717, 1.165) is 18.4 Å². The van der Waals surface area contributed by atoms with Gasteiger partial charge in [0.15, 0.2) is 0 Å². The van der Waals surface area contributed by atoms with Crippen molar-refractivity contribution in [3.05, 3.63) is 30.1 Å². The van der Waals surface area contributed by atoms with Crippen LogP contribution in [0, 0.1) is 0 Å². The van der Waals surface area contributed by atoms with Crippen LogP contribution in [0.5, 0.6) is 0 Å². The summed E-state index contributed by atoms with van der Waals surface area (Å²) in [6, 6.07) is 4.28. The van der Waals surface area contributed by atoms with Crippen LogP contribution in [0.2, 0.25) is 0 Å². The number of amides is 2. The van der Waals surface area contributed by atoms with Gasteiger partial charge in [0.05, 0.1) is 0 Å². The standard InChI is InChI=1S/C15H23N3O/c1-18(14-8-4-2-3-5-9-14)15(19)17-12-13-7-6-10-16-11-13/h6-7,10-11,14H,2-5,8-9,12H2,1H3,(H,17,19). The Kier molecular flexibility index (Phi) is 5.19. The van der Waals surface area contributed by atoms with Gasteiger partial charge in [0.2, 0.25) is 0 Å². The molecule has 0 spiro atoms. The third kappa shape index (κ3) is 4.23. The Morgan fingerprint density at radius 2 is 2.11 bits per heavy atom. The summed E-state index contributed by atoms with van der Waals surface area (Å²) in [7, 11) is 1.91. The summed E-state index contributed by atoms with van der Waals surface area (Å²) in [6.45, 7) is 0.545. The number of carbonyl (C=O) groups is 1. The first-order valence-electron chi connectivity index (χ1n) is 7.17. The molecule has 0 atom stereocenters. The normalized spacial score (nSPS) is 16.7. The van der Waals surface area contributed by atoms with Gasteiger partial charge in [-0.05, 0) is 24.5 Å². The average molecular weight is 261 g/mol. The summed E-state index contributed by atoms with van der Waals surface area (Å²) in [6.07, 6.45) is 10.9. The average Bonchev–Trinajstić information content (AvgIpc) is 2.74. The van der Waals surface area contributed by atoms with Gasteiger partial charge in [-0.15, -0.1) is 0 Å². The van der Waals surface area contributed by atoms with E-state index in [2.05, 4.69) is 10.3 Å². The van der Waals surface area contributed by atoms with E-state index in [1.165, 1.54) is 25.7 Å². The number of nitrogens with one attached hydrogen (secondary N) is 1. The zero-order chi connectivity index (χ0) is 13.5. The van der Waals surface area contributed by atoms with Crippen molar-refractivity contribution in [3.63, 3.8) is 0 Å². The summed E-state index contributed by atoms with van der Waals surface area (Å²) in [5, 5.41) is 2.96. The van der Waals surface area contributed by atoms with E-state index in [9.17, 15) is 4.79 Å². The van der Waals surface area contributed by atoms with Gasteiger partial charge in [-0.1, -0.05) is 31.7 Å². The van der Waals surface area contributed by atoms with Gasteiger partial charge >= 0.3 is 6.03 Å². The summed E-state index contributed by atoms with van der Waals surface area (Å²) < 4.78 is 0. The highest BCUT2D eigenvalue weighted by molar-refractivity contribution is 5.74. The fourth-order valence-corrected chi connectivity index (χ4v) is 2.62. The van der Waals surface area contributed by atoms with Crippen molar-refractivity contribution in [1.82, 2.24) is 15.2 Å². The number of urea groups is 1. The molecule has 1 aliphatic rings. The van der Waals surface area contributed by atoms with E-state index in [-0.39, 0.29) is 6.03 Å². The molecule has 1 aromatic heterocycles. The monoisotopic (exact) mass is 261 g/mol. The Balaban J connectivity index is 1.81. The third-order valence-electron chi connectivity index (χ3n) is 3.86. The molecule has 19 heavy (non-hydrogen) atoms. The number of nitrogens with zero attached hydrogens (tertiary/aromatic N) is 2. The van der Waals surface area contributed by atoms with Gasteiger partial charge in [-0.3, -0.25) is 4.98 Å². The highest BCUT2D eigenvalue weighted by Gasteiger charge is 2.20. The molecule has 0 unspecified atom stereocenters. The summed E-state index contributed by atoms with van der Waals surface area (Å²) >= 11 is 0. The maximum atomic E-state index is 12.1. The molecule has 104 valence electrons. The van der Waals surface area contributed by atoms with Gasteiger partial charge in [-0.2, -0.15) is 0 Å². The largest absolute Gasteiger partial charge is 0.334 e. The molecule has 0 aromatic carbocycles. The van der Waals surface area contributed by atoms with Crippen molar-refractivity contribution in [2.75, 3.05) is 7.05 Å². The highest BCUT2D eigenvalue weighted by atomic mass is 16.2. The van der Waals surface area contributed by atoms with E-state index in [1.807, 2.05) is 24.1 Å². The number of hydrogen-bond acceptors (Lipinski definition) is 2. The predicted molar refractivity (Wildman–Crippen MR) is 75.7 cm³/mol.